The van der Waals surface area contributed by atoms with Gasteiger partial charge in [0.05, 0.1) is 23.4 Å². The van der Waals surface area contributed by atoms with Crippen molar-refractivity contribution in [2.24, 2.45) is 0 Å². The van der Waals surface area contributed by atoms with Crippen LogP contribution in [0.5, 0.6) is 0 Å². The lowest BCUT2D eigenvalue weighted by atomic mass is 9.99. The van der Waals surface area contributed by atoms with Crippen LogP contribution in [-0.2, 0) is 6.18 Å². The molecule has 1 atom stereocenters. The van der Waals surface area contributed by atoms with Gasteiger partial charge in [0.1, 0.15) is 0 Å². The number of aliphatic hydroxyl groups excluding tert-OH is 1. The van der Waals surface area contributed by atoms with E-state index in [1.807, 2.05) is 29.5 Å². The van der Waals surface area contributed by atoms with Crippen LogP contribution in [-0.4, -0.2) is 39.4 Å². The summed E-state index contributed by atoms with van der Waals surface area (Å²) in [5, 5.41) is 14.7. The van der Waals surface area contributed by atoms with Crippen LogP contribution in [0.25, 0.3) is 0 Å². The molecule has 1 aromatic carbocycles. The van der Waals surface area contributed by atoms with Crippen molar-refractivity contribution in [3.63, 3.8) is 0 Å². The van der Waals surface area contributed by atoms with E-state index in [1.165, 1.54) is 18.2 Å². The lowest BCUT2D eigenvalue weighted by Gasteiger charge is -2.41. The molecule has 0 spiro atoms. The highest BCUT2D eigenvalue weighted by atomic mass is 19.4. The number of benzene rings is 1. The summed E-state index contributed by atoms with van der Waals surface area (Å²) in [4.78, 5) is 1.94. The summed E-state index contributed by atoms with van der Waals surface area (Å²) in [6, 6.07) is 7.41. The number of halogens is 3. The van der Waals surface area contributed by atoms with E-state index < -0.39 is 17.8 Å². The van der Waals surface area contributed by atoms with Crippen LogP contribution in [0.15, 0.2) is 30.3 Å². The van der Waals surface area contributed by atoms with Crippen LogP contribution >= 0.6 is 0 Å². The SMILES string of the molecule is Cc1cc(C)n(C2CN(C[C@@H](O)c3ccccc3C(F)(F)F)C2)n1. The van der Waals surface area contributed by atoms with E-state index in [0.29, 0.717) is 13.1 Å². The second-order valence-corrected chi connectivity index (χ2v) is 6.34. The zero-order chi connectivity index (χ0) is 17.5. The maximum atomic E-state index is 13.0. The normalized spacial score (nSPS) is 17.8. The molecule has 0 aliphatic carbocycles. The van der Waals surface area contributed by atoms with Crippen LogP contribution in [0.4, 0.5) is 13.2 Å². The van der Waals surface area contributed by atoms with Gasteiger partial charge in [-0.15, -0.1) is 0 Å². The van der Waals surface area contributed by atoms with E-state index in [1.54, 1.807) is 0 Å². The van der Waals surface area contributed by atoms with Crippen molar-refractivity contribution in [2.45, 2.75) is 32.2 Å². The molecule has 3 rings (SSSR count). The van der Waals surface area contributed by atoms with Crippen molar-refractivity contribution in [2.75, 3.05) is 19.6 Å². The average molecular weight is 339 g/mol. The van der Waals surface area contributed by atoms with Gasteiger partial charge in [-0.25, -0.2) is 0 Å². The molecule has 0 unspecified atom stereocenters. The van der Waals surface area contributed by atoms with Gasteiger partial charge in [-0.1, -0.05) is 18.2 Å². The second kappa shape index (κ2) is 6.22. The van der Waals surface area contributed by atoms with Crippen LogP contribution < -0.4 is 0 Å². The van der Waals surface area contributed by atoms with Gasteiger partial charge < -0.3 is 5.11 Å². The third kappa shape index (κ3) is 3.32. The average Bonchev–Trinajstić information content (AvgIpc) is 2.79. The summed E-state index contributed by atoms with van der Waals surface area (Å²) in [5.74, 6) is 0. The molecule has 1 N–H and O–H groups in total. The molecule has 1 saturated heterocycles. The van der Waals surface area contributed by atoms with Gasteiger partial charge in [0.25, 0.3) is 0 Å². The van der Waals surface area contributed by atoms with Crippen molar-refractivity contribution in [1.29, 1.82) is 0 Å². The first-order valence-electron chi connectivity index (χ1n) is 7.85. The van der Waals surface area contributed by atoms with Gasteiger partial charge in [0.15, 0.2) is 0 Å². The molecule has 0 saturated carbocycles. The van der Waals surface area contributed by atoms with E-state index in [2.05, 4.69) is 5.10 Å². The number of hydrogen-bond acceptors (Lipinski definition) is 3. The molecule has 24 heavy (non-hydrogen) atoms. The predicted molar refractivity (Wildman–Crippen MR) is 83.6 cm³/mol. The van der Waals surface area contributed by atoms with Crippen LogP contribution in [0.2, 0.25) is 0 Å². The number of alkyl halides is 3. The minimum Gasteiger partial charge on any atom is -0.387 e. The van der Waals surface area contributed by atoms with Gasteiger partial charge in [-0.3, -0.25) is 9.58 Å². The maximum absolute atomic E-state index is 13.0. The molecular weight excluding hydrogens is 319 g/mol. The molecule has 130 valence electrons. The number of likely N-dealkylation sites (tertiary alicyclic amines) is 1. The van der Waals surface area contributed by atoms with Crippen molar-refractivity contribution in [1.82, 2.24) is 14.7 Å². The molecule has 1 fully saturated rings. The van der Waals surface area contributed by atoms with Crippen LogP contribution in [0.3, 0.4) is 0 Å². The Bertz CT molecular complexity index is 720. The van der Waals surface area contributed by atoms with Gasteiger partial charge in [-0.05, 0) is 31.5 Å². The zero-order valence-corrected chi connectivity index (χ0v) is 13.6. The van der Waals surface area contributed by atoms with Gasteiger partial charge in [-0.2, -0.15) is 18.3 Å². The van der Waals surface area contributed by atoms with Gasteiger partial charge in [0.2, 0.25) is 0 Å². The monoisotopic (exact) mass is 339 g/mol. The van der Waals surface area contributed by atoms with E-state index in [4.69, 9.17) is 0 Å². The fourth-order valence-electron chi connectivity index (χ4n) is 3.25. The smallest absolute Gasteiger partial charge is 0.387 e. The number of aryl methyl sites for hydroxylation is 2. The van der Waals surface area contributed by atoms with E-state index in [0.717, 1.165) is 17.5 Å². The van der Waals surface area contributed by atoms with Crippen molar-refractivity contribution >= 4 is 0 Å². The zero-order valence-electron chi connectivity index (χ0n) is 13.6. The van der Waals surface area contributed by atoms with Crippen LogP contribution in [0, 0.1) is 13.8 Å². The summed E-state index contributed by atoms with van der Waals surface area (Å²) < 4.78 is 41.1. The molecule has 0 bridgehead atoms. The third-order valence-corrected chi connectivity index (χ3v) is 4.38. The van der Waals surface area contributed by atoms with Gasteiger partial charge in [0, 0.05) is 25.3 Å². The highest BCUT2D eigenvalue weighted by molar-refractivity contribution is 5.31. The van der Waals surface area contributed by atoms with Gasteiger partial charge >= 0.3 is 6.18 Å². The summed E-state index contributed by atoms with van der Waals surface area (Å²) >= 11 is 0. The Morgan fingerprint density at radius 2 is 1.92 bits per heavy atom. The third-order valence-electron chi connectivity index (χ3n) is 4.38. The molecule has 4 nitrogen and oxygen atoms in total. The molecule has 7 heteroatoms. The molecule has 0 radical (unpaired) electrons. The first-order chi connectivity index (χ1) is 11.3. The Balaban J connectivity index is 1.64. The van der Waals surface area contributed by atoms with E-state index in [-0.39, 0.29) is 18.2 Å². The van der Waals surface area contributed by atoms with Crippen molar-refractivity contribution in [3.05, 3.63) is 52.8 Å². The fraction of sp³-hybridized carbons (Fsp3) is 0.471. The Kier molecular flexibility index (Phi) is 4.40. The lowest BCUT2D eigenvalue weighted by Crippen LogP contribution is -2.49. The summed E-state index contributed by atoms with van der Waals surface area (Å²) in [5.41, 5.74) is 1.18. The molecular formula is C17H20F3N3O. The standard InChI is InChI=1S/C17H20F3N3O/c1-11-7-12(2)23(21-11)13-8-22(9-13)10-16(24)14-5-3-4-6-15(14)17(18,19)20/h3-7,13,16,24H,8-10H2,1-2H3/t16-/m1/s1. The molecule has 1 aromatic heterocycles. The molecule has 1 aliphatic heterocycles. The number of rotatable bonds is 4. The highest BCUT2D eigenvalue weighted by Crippen LogP contribution is 2.35. The minimum atomic E-state index is -4.46. The number of hydrogen-bond donors (Lipinski definition) is 1. The second-order valence-electron chi connectivity index (χ2n) is 6.34. The largest absolute Gasteiger partial charge is 0.416 e. The summed E-state index contributed by atoms with van der Waals surface area (Å²) in [6.45, 7) is 5.44. The number of aliphatic hydroxyl groups is 1. The number of β-amino-alcohol motifs (C(OH)–C–C–N with tert-alkyl or cyclic N) is 1. The molecule has 0 amide bonds. The Morgan fingerprint density at radius 1 is 1.25 bits per heavy atom. The molecule has 1 aliphatic rings. The fourth-order valence-corrected chi connectivity index (χ4v) is 3.25. The first-order valence-corrected chi connectivity index (χ1v) is 7.85. The summed E-state index contributed by atoms with van der Waals surface area (Å²) in [7, 11) is 0. The molecule has 2 heterocycles. The summed E-state index contributed by atoms with van der Waals surface area (Å²) in [6.07, 6.45) is -5.62. The van der Waals surface area contributed by atoms with Crippen LogP contribution in [0.1, 0.15) is 34.7 Å². The Hall–Kier alpha value is -1.86. The minimum absolute atomic E-state index is 0.0698. The Morgan fingerprint density at radius 3 is 2.50 bits per heavy atom. The van der Waals surface area contributed by atoms with E-state index >= 15 is 0 Å². The lowest BCUT2D eigenvalue weighted by molar-refractivity contribution is -0.139. The molecule has 2 aromatic rings. The highest BCUT2D eigenvalue weighted by Gasteiger charge is 2.36. The quantitative estimate of drug-likeness (QED) is 0.931. The number of nitrogens with zero attached hydrogens (tertiary/aromatic N) is 3. The number of aromatic nitrogens is 2. The van der Waals surface area contributed by atoms with E-state index in [9.17, 15) is 18.3 Å². The Labute approximate surface area is 138 Å². The first kappa shape index (κ1) is 17.0. The van der Waals surface area contributed by atoms with Crippen molar-refractivity contribution < 1.29 is 18.3 Å². The maximum Gasteiger partial charge on any atom is 0.416 e. The topological polar surface area (TPSA) is 41.3 Å². The van der Waals surface area contributed by atoms with Crippen molar-refractivity contribution in [3.8, 4) is 0 Å². The predicted octanol–water partition coefficient (Wildman–Crippen LogP) is 3.11.